The van der Waals surface area contributed by atoms with Crippen LogP contribution in [0.15, 0.2) is 48.7 Å². The van der Waals surface area contributed by atoms with Crippen LogP contribution in [0, 0.1) is 0 Å². The highest BCUT2D eigenvalue weighted by molar-refractivity contribution is 5.94. The van der Waals surface area contributed by atoms with Crippen molar-refractivity contribution in [3.63, 3.8) is 0 Å². The smallest absolute Gasteiger partial charge is 0.251 e. The molecule has 1 unspecified atom stereocenters. The molecule has 1 aromatic heterocycles. The van der Waals surface area contributed by atoms with Crippen molar-refractivity contribution in [2.24, 2.45) is 0 Å². The van der Waals surface area contributed by atoms with Gasteiger partial charge in [-0.2, -0.15) is 0 Å². The van der Waals surface area contributed by atoms with E-state index in [0.29, 0.717) is 11.4 Å². The summed E-state index contributed by atoms with van der Waals surface area (Å²) in [6.45, 7) is 0.169. The van der Waals surface area contributed by atoms with Gasteiger partial charge in [0.05, 0.1) is 6.10 Å². The van der Waals surface area contributed by atoms with Gasteiger partial charge >= 0.3 is 0 Å². The molecule has 1 heterocycles. The number of aliphatic hydroxyl groups is 1. The molecule has 0 saturated carbocycles. The minimum Gasteiger partial charge on any atom is -0.387 e. The second-order valence-corrected chi connectivity index (χ2v) is 4.93. The summed E-state index contributed by atoms with van der Waals surface area (Å²) in [5.41, 5.74) is 1.30. The van der Waals surface area contributed by atoms with Crippen molar-refractivity contribution in [2.45, 2.75) is 6.10 Å². The number of amides is 1. The van der Waals surface area contributed by atoms with Crippen molar-refractivity contribution in [3.8, 4) is 0 Å². The molecule has 0 radical (unpaired) electrons. The van der Waals surface area contributed by atoms with E-state index in [4.69, 9.17) is 0 Å². The lowest BCUT2D eigenvalue weighted by molar-refractivity contribution is 0.0916. The maximum absolute atomic E-state index is 12.1. The van der Waals surface area contributed by atoms with E-state index >= 15 is 0 Å². The third-order valence-corrected chi connectivity index (χ3v) is 3.11. The zero-order valence-corrected chi connectivity index (χ0v) is 12.2. The topological polar surface area (TPSA) is 65.5 Å². The molecule has 1 atom stereocenters. The van der Waals surface area contributed by atoms with Gasteiger partial charge in [0, 0.05) is 32.4 Å². The summed E-state index contributed by atoms with van der Waals surface area (Å²) in [5.74, 6) is 0.488. The van der Waals surface area contributed by atoms with Crippen LogP contribution in [0.5, 0.6) is 0 Å². The Morgan fingerprint density at radius 2 is 2.00 bits per heavy atom. The molecule has 0 saturated heterocycles. The van der Waals surface area contributed by atoms with Gasteiger partial charge in [-0.05, 0) is 17.7 Å². The van der Waals surface area contributed by atoms with Gasteiger partial charge in [0.2, 0.25) is 0 Å². The lowest BCUT2D eigenvalue weighted by Gasteiger charge is -2.14. The molecule has 0 fully saturated rings. The van der Waals surface area contributed by atoms with E-state index in [9.17, 15) is 9.90 Å². The number of rotatable bonds is 5. The Bertz CT molecular complexity index is 599. The average molecular weight is 285 g/mol. The predicted octanol–water partition coefficient (Wildman–Crippen LogP) is 1.61. The molecule has 2 N–H and O–H groups in total. The van der Waals surface area contributed by atoms with Crippen molar-refractivity contribution >= 4 is 11.7 Å². The second kappa shape index (κ2) is 6.85. The highest BCUT2D eigenvalue weighted by Crippen LogP contribution is 2.12. The lowest BCUT2D eigenvalue weighted by atomic mass is 10.1. The van der Waals surface area contributed by atoms with E-state index in [2.05, 4.69) is 10.3 Å². The number of aromatic nitrogens is 1. The van der Waals surface area contributed by atoms with E-state index in [1.807, 2.05) is 49.3 Å². The number of hydrogen-bond donors (Lipinski definition) is 2. The molecule has 5 heteroatoms. The quantitative estimate of drug-likeness (QED) is 0.876. The Morgan fingerprint density at radius 1 is 1.29 bits per heavy atom. The van der Waals surface area contributed by atoms with Crippen molar-refractivity contribution < 1.29 is 9.90 Å². The second-order valence-electron chi connectivity index (χ2n) is 4.93. The van der Waals surface area contributed by atoms with Crippen LogP contribution in [0.4, 0.5) is 5.82 Å². The molecule has 5 nitrogen and oxygen atoms in total. The first-order chi connectivity index (χ1) is 10.1. The summed E-state index contributed by atoms with van der Waals surface area (Å²) in [7, 11) is 3.73. The van der Waals surface area contributed by atoms with Crippen molar-refractivity contribution in [2.75, 3.05) is 25.5 Å². The van der Waals surface area contributed by atoms with Crippen LogP contribution in [-0.2, 0) is 0 Å². The first kappa shape index (κ1) is 15.0. The Kier molecular flexibility index (Phi) is 4.90. The van der Waals surface area contributed by atoms with Crippen LogP contribution >= 0.6 is 0 Å². The number of anilines is 1. The Labute approximate surface area is 124 Å². The van der Waals surface area contributed by atoms with Crippen molar-refractivity contribution in [1.82, 2.24) is 10.3 Å². The number of hydrogen-bond acceptors (Lipinski definition) is 4. The molecule has 2 rings (SSSR count). The highest BCUT2D eigenvalue weighted by Gasteiger charge is 2.11. The van der Waals surface area contributed by atoms with Gasteiger partial charge in [-0.15, -0.1) is 0 Å². The SMILES string of the molecule is CN(C)c1cc(C(=O)NCC(O)c2ccccc2)ccn1. The van der Waals surface area contributed by atoms with E-state index in [1.54, 1.807) is 18.3 Å². The first-order valence-corrected chi connectivity index (χ1v) is 6.72. The Balaban J connectivity index is 1.97. The van der Waals surface area contributed by atoms with Crippen molar-refractivity contribution in [3.05, 3.63) is 59.8 Å². The summed E-state index contributed by atoms with van der Waals surface area (Å²) >= 11 is 0. The molecule has 2 aromatic rings. The number of pyridine rings is 1. The minimum atomic E-state index is -0.717. The lowest BCUT2D eigenvalue weighted by Crippen LogP contribution is -2.28. The summed E-state index contributed by atoms with van der Waals surface area (Å²) in [6, 6.07) is 12.6. The Hall–Kier alpha value is -2.40. The van der Waals surface area contributed by atoms with E-state index in [1.165, 1.54) is 0 Å². The molecule has 110 valence electrons. The summed E-state index contributed by atoms with van der Waals surface area (Å²) in [6.07, 6.45) is 0.878. The van der Waals surface area contributed by atoms with E-state index in [0.717, 1.165) is 5.56 Å². The predicted molar refractivity (Wildman–Crippen MR) is 82.3 cm³/mol. The van der Waals surface area contributed by atoms with E-state index < -0.39 is 6.10 Å². The molecule has 0 aliphatic carbocycles. The highest BCUT2D eigenvalue weighted by atomic mass is 16.3. The van der Waals surface area contributed by atoms with Crippen LogP contribution < -0.4 is 10.2 Å². The Morgan fingerprint density at radius 3 is 2.67 bits per heavy atom. The summed E-state index contributed by atoms with van der Waals surface area (Å²) < 4.78 is 0. The van der Waals surface area contributed by atoms with Gasteiger partial charge in [-0.25, -0.2) is 4.98 Å². The summed E-state index contributed by atoms with van der Waals surface area (Å²) in [4.78, 5) is 18.1. The molecule has 21 heavy (non-hydrogen) atoms. The maximum atomic E-state index is 12.1. The molecule has 0 bridgehead atoms. The van der Waals surface area contributed by atoms with Crippen LogP contribution in [0.2, 0.25) is 0 Å². The van der Waals surface area contributed by atoms with Gasteiger partial charge in [0.25, 0.3) is 5.91 Å². The molecule has 0 aliphatic heterocycles. The van der Waals surface area contributed by atoms with Gasteiger partial charge in [-0.1, -0.05) is 30.3 Å². The fourth-order valence-corrected chi connectivity index (χ4v) is 1.89. The largest absolute Gasteiger partial charge is 0.387 e. The monoisotopic (exact) mass is 285 g/mol. The van der Waals surface area contributed by atoms with Gasteiger partial charge in [0.15, 0.2) is 0 Å². The van der Waals surface area contributed by atoms with Gasteiger partial charge in [-0.3, -0.25) is 4.79 Å². The standard InChI is InChI=1S/C16H19N3O2/c1-19(2)15-10-13(8-9-17-15)16(21)18-11-14(20)12-6-4-3-5-7-12/h3-10,14,20H,11H2,1-2H3,(H,18,21). The zero-order valence-electron chi connectivity index (χ0n) is 12.2. The minimum absolute atomic E-state index is 0.169. The number of nitrogens with zero attached hydrogens (tertiary/aromatic N) is 2. The van der Waals surface area contributed by atoms with Crippen molar-refractivity contribution in [1.29, 1.82) is 0 Å². The number of nitrogens with one attached hydrogen (secondary N) is 1. The first-order valence-electron chi connectivity index (χ1n) is 6.72. The molecule has 0 aliphatic rings. The molecule has 0 spiro atoms. The van der Waals surface area contributed by atoms with E-state index in [-0.39, 0.29) is 12.5 Å². The normalized spacial score (nSPS) is 11.8. The fraction of sp³-hybridized carbons (Fsp3) is 0.250. The molecule has 1 aromatic carbocycles. The number of aliphatic hydroxyl groups excluding tert-OH is 1. The van der Waals surface area contributed by atoms with Crippen LogP contribution in [0.3, 0.4) is 0 Å². The number of benzene rings is 1. The van der Waals surface area contributed by atoms with Gasteiger partial charge in [0.1, 0.15) is 5.82 Å². The third-order valence-electron chi connectivity index (χ3n) is 3.11. The molecular formula is C16H19N3O2. The zero-order chi connectivity index (χ0) is 15.2. The van der Waals surface area contributed by atoms with Crippen LogP contribution in [-0.4, -0.2) is 36.6 Å². The average Bonchev–Trinajstić information content (AvgIpc) is 2.53. The fourth-order valence-electron chi connectivity index (χ4n) is 1.89. The van der Waals surface area contributed by atoms with Gasteiger partial charge < -0.3 is 15.3 Å². The number of carbonyl (C=O) groups is 1. The third kappa shape index (κ3) is 4.03. The molecular weight excluding hydrogens is 266 g/mol. The van der Waals surface area contributed by atoms with Crippen LogP contribution in [0.25, 0.3) is 0 Å². The van der Waals surface area contributed by atoms with Crippen LogP contribution in [0.1, 0.15) is 22.0 Å². The molecule has 1 amide bonds. The number of carbonyl (C=O) groups excluding carboxylic acids is 1. The summed E-state index contributed by atoms with van der Waals surface area (Å²) in [5, 5.41) is 12.8. The maximum Gasteiger partial charge on any atom is 0.251 e.